The Hall–Kier alpha value is -3.22. The molecule has 4 heterocycles. The zero-order valence-corrected chi connectivity index (χ0v) is 32.1. The second-order valence-electron chi connectivity index (χ2n) is 16.2. The predicted octanol–water partition coefficient (Wildman–Crippen LogP) is 6.85. The van der Waals surface area contributed by atoms with E-state index in [1.165, 1.54) is 51.4 Å². The molecule has 0 bridgehead atoms. The van der Waals surface area contributed by atoms with Crippen LogP contribution in [-0.4, -0.2) is 97.2 Å². The van der Waals surface area contributed by atoms with Crippen LogP contribution in [0.15, 0.2) is 36.7 Å². The smallest absolute Gasteiger partial charge is 0.269 e. The van der Waals surface area contributed by atoms with Gasteiger partial charge in [0.15, 0.2) is 0 Å². The lowest BCUT2D eigenvalue weighted by atomic mass is 9.61. The molecule has 2 aliphatic heterocycles. The number of carbonyl (C=O) groups excluding carboxylic acids is 1. The summed E-state index contributed by atoms with van der Waals surface area (Å²) < 4.78 is 0. The Bertz CT molecular complexity index is 1390. The van der Waals surface area contributed by atoms with E-state index in [1.807, 2.05) is 30.5 Å². The van der Waals surface area contributed by atoms with Gasteiger partial charge in [0.05, 0.1) is 17.4 Å². The van der Waals surface area contributed by atoms with Gasteiger partial charge < -0.3 is 15.1 Å². The fraction of sp³-hybridized carbons (Fsp3) is 0.707. The van der Waals surface area contributed by atoms with E-state index in [9.17, 15) is 4.79 Å². The second kappa shape index (κ2) is 16.9. The standard InChI is InChI=1S/C21H34N4O.C20H30N4/c1-5-21(3,6-2)16-13-18(14-16)25-11-9-24(10-12-25)17-7-8-19(23-15-17)20(26)22-4;1-4-20(2,3)17-6-7-18(13-17)23-9-11-24(12-10-23)19-8-5-16(14-21)15-22-19/h7-8,15-16,18H,5-6,9-14H2,1-4H3,(H,22,26);5,8,15,17-18H,4,6-7,9-13H2,1-3H3/t;17?,18-/m.1/s1. The van der Waals surface area contributed by atoms with E-state index >= 15 is 0 Å². The van der Waals surface area contributed by atoms with Gasteiger partial charge in [0.2, 0.25) is 0 Å². The molecule has 4 aliphatic rings. The van der Waals surface area contributed by atoms with E-state index in [4.69, 9.17) is 5.26 Å². The number of rotatable bonds is 10. The lowest BCUT2D eigenvalue weighted by Gasteiger charge is -2.52. The van der Waals surface area contributed by atoms with Crippen molar-refractivity contribution < 1.29 is 4.79 Å². The van der Waals surface area contributed by atoms with E-state index in [2.05, 4.69) is 82.5 Å². The van der Waals surface area contributed by atoms with Crippen molar-refractivity contribution in [2.24, 2.45) is 22.7 Å². The second-order valence-corrected chi connectivity index (χ2v) is 16.2. The van der Waals surface area contributed by atoms with Crippen LogP contribution in [0.4, 0.5) is 11.5 Å². The fourth-order valence-electron chi connectivity index (χ4n) is 8.71. The van der Waals surface area contributed by atoms with Gasteiger partial charge in [-0.2, -0.15) is 5.26 Å². The van der Waals surface area contributed by atoms with Crippen molar-refractivity contribution in [2.75, 3.05) is 69.2 Å². The summed E-state index contributed by atoms with van der Waals surface area (Å²) in [5.74, 6) is 2.66. The zero-order chi connectivity index (χ0) is 35.9. The van der Waals surface area contributed by atoms with Crippen molar-refractivity contribution in [1.29, 1.82) is 5.26 Å². The number of anilines is 2. The van der Waals surface area contributed by atoms with Crippen LogP contribution in [0.1, 0.15) is 109 Å². The molecule has 50 heavy (non-hydrogen) atoms. The summed E-state index contributed by atoms with van der Waals surface area (Å²) in [4.78, 5) is 30.5. The molecule has 2 aromatic heterocycles. The third-order valence-corrected chi connectivity index (χ3v) is 13.6. The Balaban J connectivity index is 0.000000195. The molecule has 2 aliphatic carbocycles. The number of aromatic nitrogens is 2. The van der Waals surface area contributed by atoms with Gasteiger partial charge in [0.25, 0.3) is 5.91 Å². The van der Waals surface area contributed by atoms with Crippen molar-refractivity contribution in [2.45, 2.75) is 105 Å². The first-order valence-electron chi connectivity index (χ1n) is 19.6. The van der Waals surface area contributed by atoms with Gasteiger partial charge in [-0.3, -0.25) is 14.6 Å². The maximum Gasteiger partial charge on any atom is 0.269 e. The monoisotopic (exact) mass is 685 g/mol. The summed E-state index contributed by atoms with van der Waals surface area (Å²) in [6.07, 6.45) is 14.3. The van der Waals surface area contributed by atoms with Crippen molar-refractivity contribution in [3.63, 3.8) is 0 Å². The summed E-state index contributed by atoms with van der Waals surface area (Å²) in [6, 6.07) is 11.4. The van der Waals surface area contributed by atoms with E-state index in [1.54, 1.807) is 13.2 Å². The third-order valence-electron chi connectivity index (χ3n) is 13.6. The van der Waals surface area contributed by atoms with Crippen molar-refractivity contribution in [1.82, 2.24) is 25.1 Å². The number of nitriles is 1. The lowest BCUT2D eigenvalue weighted by molar-refractivity contribution is -0.00161. The first kappa shape index (κ1) is 38.0. The summed E-state index contributed by atoms with van der Waals surface area (Å²) in [5.41, 5.74) is 3.26. The number of hydrogen-bond donors (Lipinski definition) is 1. The molecule has 0 spiro atoms. The summed E-state index contributed by atoms with van der Waals surface area (Å²) in [5, 5.41) is 11.5. The van der Waals surface area contributed by atoms with Gasteiger partial charge in [-0.15, -0.1) is 0 Å². The van der Waals surface area contributed by atoms with Gasteiger partial charge in [-0.25, -0.2) is 9.97 Å². The van der Waals surface area contributed by atoms with Gasteiger partial charge >= 0.3 is 0 Å². The Morgan fingerprint density at radius 2 is 1.40 bits per heavy atom. The molecule has 2 atom stereocenters. The molecule has 2 saturated carbocycles. The summed E-state index contributed by atoms with van der Waals surface area (Å²) >= 11 is 0. The van der Waals surface area contributed by atoms with E-state index in [-0.39, 0.29) is 5.91 Å². The van der Waals surface area contributed by atoms with Gasteiger partial charge in [0.1, 0.15) is 17.6 Å². The highest BCUT2D eigenvalue weighted by Crippen LogP contribution is 2.48. The highest BCUT2D eigenvalue weighted by molar-refractivity contribution is 5.92. The minimum Gasteiger partial charge on any atom is -0.368 e. The van der Waals surface area contributed by atoms with Crippen LogP contribution in [0.25, 0.3) is 0 Å². The molecule has 2 saturated heterocycles. The zero-order valence-electron chi connectivity index (χ0n) is 32.1. The van der Waals surface area contributed by atoms with Crippen LogP contribution >= 0.6 is 0 Å². The van der Waals surface area contributed by atoms with E-state index < -0.39 is 0 Å². The van der Waals surface area contributed by atoms with Crippen LogP contribution in [0, 0.1) is 34.0 Å². The largest absolute Gasteiger partial charge is 0.368 e. The number of nitrogens with one attached hydrogen (secondary N) is 1. The topological polar surface area (TPSA) is 91.6 Å². The van der Waals surface area contributed by atoms with E-state index in [0.29, 0.717) is 22.1 Å². The minimum atomic E-state index is -0.132. The lowest BCUT2D eigenvalue weighted by Crippen LogP contribution is -2.56. The average molecular weight is 685 g/mol. The van der Waals surface area contributed by atoms with Crippen LogP contribution < -0.4 is 15.1 Å². The SMILES string of the molecule is CCC(C)(C)C1CC[C@@H](N2CCN(c3ccc(C#N)cn3)CC2)C1.CCC(C)(CC)C1CC(N2CCN(c3ccc(C(=O)NC)nc3)CC2)C1. The van der Waals surface area contributed by atoms with Crippen LogP contribution in [0.2, 0.25) is 0 Å². The number of hydrogen-bond acceptors (Lipinski definition) is 8. The van der Waals surface area contributed by atoms with Crippen molar-refractivity contribution in [3.05, 3.63) is 47.9 Å². The first-order chi connectivity index (χ1) is 24.0. The van der Waals surface area contributed by atoms with Gasteiger partial charge in [0, 0.05) is 77.7 Å². The number of nitrogens with zero attached hydrogens (tertiary/aromatic N) is 7. The molecule has 1 amide bonds. The molecule has 1 unspecified atom stereocenters. The normalized spacial score (nSPS) is 24.9. The molecular weight excluding hydrogens is 621 g/mol. The van der Waals surface area contributed by atoms with Crippen LogP contribution in [-0.2, 0) is 0 Å². The predicted molar refractivity (Wildman–Crippen MR) is 205 cm³/mol. The highest BCUT2D eigenvalue weighted by Gasteiger charge is 2.43. The summed E-state index contributed by atoms with van der Waals surface area (Å²) in [6.45, 7) is 23.1. The Morgan fingerprint density at radius 1 is 0.780 bits per heavy atom. The molecule has 4 fully saturated rings. The van der Waals surface area contributed by atoms with Crippen LogP contribution in [0.5, 0.6) is 0 Å². The minimum absolute atomic E-state index is 0.132. The Kier molecular flexibility index (Phi) is 12.8. The quantitative estimate of drug-likeness (QED) is 0.291. The van der Waals surface area contributed by atoms with Crippen LogP contribution in [0.3, 0.4) is 0 Å². The molecule has 274 valence electrons. The third kappa shape index (κ3) is 8.80. The van der Waals surface area contributed by atoms with Crippen molar-refractivity contribution in [3.8, 4) is 6.07 Å². The maximum atomic E-state index is 11.6. The fourth-order valence-corrected chi connectivity index (χ4v) is 8.71. The number of piperazine rings is 2. The molecule has 0 radical (unpaired) electrons. The average Bonchev–Trinajstić information content (AvgIpc) is 3.66. The molecule has 9 heteroatoms. The number of amides is 1. The summed E-state index contributed by atoms with van der Waals surface area (Å²) in [7, 11) is 1.63. The molecule has 2 aromatic rings. The van der Waals surface area contributed by atoms with Crippen molar-refractivity contribution >= 4 is 17.4 Å². The molecule has 9 nitrogen and oxygen atoms in total. The number of carbonyl (C=O) groups is 1. The highest BCUT2D eigenvalue weighted by atomic mass is 16.1. The van der Waals surface area contributed by atoms with E-state index in [0.717, 1.165) is 87.8 Å². The molecule has 0 aromatic carbocycles. The van der Waals surface area contributed by atoms with Gasteiger partial charge in [-0.1, -0.05) is 60.8 Å². The molecule has 1 N–H and O–H groups in total. The number of pyridine rings is 2. The first-order valence-corrected chi connectivity index (χ1v) is 19.6. The molecular formula is C41H64N8O. The molecule has 6 rings (SSSR count). The Morgan fingerprint density at radius 3 is 1.92 bits per heavy atom. The maximum absolute atomic E-state index is 11.6. The van der Waals surface area contributed by atoms with Gasteiger partial charge in [-0.05, 0) is 79.0 Å². The Labute approximate surface area is 302 Å².